The summed E-state index contributed by atoms with van der Waals surface area (Å²) in [5, 5.41) is 2.05. The van der Waals surface area contributed by atoms with E-state index in [0.29, 0.717) is 0 Å². The van der Waals surface area contributed by atoms with Gasteiger partial charge in [0.1, 0.15) is 0 Å². The normalized spacial score (nSPS) is 20.9. The Bertz CT molecular complexity index is 3380. The number of hydrogen-bond acceptors (Lipinski definition) is 3. The van der Waals surface area contributed by atoms with E-state index in [1.54, 1.807) is 0 Å². The van der Waals surface area contributed by atoms with Crippen LogP contribution in [0.2, 0.25) is 0 Å². The van der Waals surface area contributed by atoms with Gasteiger partial charge >= 0.3 is 0 Å². The van der Waals surface area contributed by atoms with Crippen LogP contribution < -0.4 is 10.7 Å². The van der Waals surface area contributed by atoms with Gasteiger partial charge in [-0.2, -0.15) is 0 Å². The fourth-order valence-corrected chi connectivity index (χ4v) is 9.94. The molecule has 64 heavy (non-hydrogen) atoms. The van der Waals surface area contributed by atoms with Gasteiger partial charge < -0.3 is 19.9 Å². The number of benzene rings is 3. The lowest BCUT2D eigenvalue weighted by molar-refractivity contribution is 0.657. The molecule has 4 aromatic heterocycles. The SMILES string of the molecule is CC1=C(C)/C2=C/c3ccc([nH]3)/C(c3ccccc3)=C3/C=CC(=N3)/C(c3ccccc3)=c3/cc/c([nH]3)=C(\c3ccccc3)C3=NC(CC3)Cc3[nH]c(c(C)c3C)-c3[nH]c(c(C)c3C)C1=N2. The highest BCUT2D eigenvalue weighted by Crippen LogP contribution is 2.38. The lowest BCUT2D eigenvalue weighted by atomic mass is 9.98. The minimum absolute atomic E-state index is 0.158. The van der Waals surface area contributed by atoms with Gasteiger partial charge in [0.2, 0.25) is 0 Å². The topological polar surface area (TPSA) is 100 Å². The van der Waals surface area contributed by atoms with E-state index in [1.165, 1.54) is 39.1 Å². The molecule has 0 radical (unpaired) electrons. The van der Waals surface area contributed by atoms with Crippen molar-refractivity contribution >= 4 is 39.9 Å². The van der Waals surface area contributed by atoms with E-state index in [1.807, 2.05) is 0 Å². The Labute approximate surface area is 374 Å². The molecule has 4 N–H and O–H groups in total. The third-order valence-electron chi connectivity index (χ3n) is 13.9. The van der Waals surface area contributed by atoms with Gasteiger partial charge in [0, 0.05) is 56.6 Å². The van der Waals surface area contributed by atoms with E-state index < -0.39 is 0 Å². The molecule has 7 aromatic rings. The maximum atomic E-state index is 5.53. The number of allylic oxidation sites excluding steroid dienone is 4. The van der Waals surface area contributed by atoms with E-state index in [9.17, 15) is 0 Å². The molecule has 7 heteroatoms. The van der Waals surface area contributed by atoms with Crippen LogP contribution in [-0.4, -0.2) is 43.1 Å². The van der Waals surface area contributed by atoms with Crippen molar-refractivity contribution in [1.29, 1.82) is 0 Å². The van der Waals surface area contributed by atoms with Crippen LogP contribution >= 0.6 is 0 Å². The van der Waals surface area contributed by atoms with Crippen molar-refractivity contribution in [2.45, 2.75) is 66.8 Å². The Morgan fingerprint density at radius 2 is 1.12 bits per heavy atom. The third kappa shape index (κ3) is 6.70. The zero-order valence-electron chi connectivity index (χ0n) is 37.2. The fourth-order valence-electron chi connectivity index (χ4n) is 9.94. The highest BCUT2D eigenvalue weighted by Gasteiger charge is 2.28. The molecule has 0 aliphatic carbocycles. The molecule has 14 bridgehead atoms. The lowest BCUT2D eigenvalue weighted by Gasteiger charge is -2.09. The molecule has 11 rings (SSSR count). The van der Waals surface area contributed by atoms with Gasteiger partial charge in [0.05, 0.1) is 45.9 Å². The molecule has 7 nitrogen and oxygen atoms in total. The first kappa shape index (κ1) is 39.3. The molecule has 0 saturated heterocycles. The van der Waals surface area contributed by atoms with E-state index >= 15 is 0 Å². The monoisotopic (exact) mass is 833 g/mol. The van der Waals surface area contributed by atoms with Crippen LogP contribution in [0.5, 0.6) is 0 Å². The fraction of sp³-hybridized carbons (Fsp3) is 0.175. The number of aromatic amines is 4. The van der Waals surface area contributed by atoms with Crippen LogP contribution in [0.1, 0.15) is 88.4 Å². The number of nitrogens with zero attached hydrogens (tertiary/aromatic N) is 3. The van der Waals surface area contributed by atoms with Gasteiger partial charge in [-0.05, 0) is 147 Å². The molecule has 1 unspecified atom stereocenters. The van der Waals surface area contributed by atoms with Crippen molar-refractivity contribution < 1.29 is 0 Å². The van der Waals surface area contributed by atoms with Crippen molar-refractivity contribution in [3.63, 3.8) is 0 Å². The first-order valence-electron chi connectivity index (χ1n) is 22.4. The van der Waals surface area contributed by atoms with E-state index in [0.717, 1.165) is 120 Å². The van der Waals surface area contributed by atoms with Crippen LogP contribution in [0.15, 0.2) is 165 Å². The summed E-state index contributed by atoms with van der Waals surface area (Å²) in [5.74, 6) is 0. The van der Waals surface area contributed by atoms with Crippen molar-refractivity contribution in [3.8, 4) is 11.4 Å². The van der Waals surface area contributed by atoms with Crippen molar-refractivity contribution in [1.82, 2.24) is 19.9 Å². The zero-order valence-corrected chi connectivity index (χ0v) is 37.2. The van der Waals surface area contributed by atoms with E-state index in [-0.39, 0.29) is 6.04 Å². The number of fused-ring (bicyclic) bond motifs is 13. The summed E-state index contributed by atoms with van der Waals surface area (Å²) in [4.78, 5) is 31.8. The molecule has 0 amide bonds. The number of aliphatic imine (C=N–C) groups is 3. The second kappa shape index (κ2) is 15.7. The molecular formula is C57H51N7. The highest BCUT2D eigenvalue weighted by molar-refractivity contribution is 6.30. The summed E-state index contributed by atoms with van der Waals surface area (Å²) < 4.78 is 0. The second-order valence-corrected chi connectivity index (χ2v) is 17.6. The minimum Gasteiger partial charge on any atom is -0.357 e. The number of nitrogens with one attached hydrogen (secondary N) is 4. The van der Waals surface area contributed by atoms with Gasteiger partial charge in [-0.3, -0.25) is 4.99 Å². The number of hydrogen-bond donors (Lipinski definition) is 4. The summed E-state index contributed by atoms with van der Waals surface area (Å²) in [6, 6.07) is 40.8. The molecule has 4 aliphatic rings. The predicted molar refractivity (Wildman–Crippen MR) is 264 cm³/mol. The molecule has 3 aromatic carbocycles. The largest absolute Gasteiger partial charge is 0.357 e. The maximum absolute atomic E-state index is 5.53. The average molecular weight is 834 g/mol. The van der Waals surface area contributed by atoms with Crippen molar-refractivity contribution in [3.05, 3.63) is 222 Å². The molecule has 8 heterocycles. The first-order valence-corrected chi connectivity index (χ1v) is 22.4. The number of rotatable bonds is 3. The Balaban J connectivity index is 1.16. The summed E-state index contributed by atoms with van der Waals surface area (Å²) in [6.45, 7) is 13.3. The summed E-state index contributed by atoms with van der Waals surface area (Å²) in [5.41, 5.74) is 25.4. The lowest BCUT2D eigenvalue weighted by Crippen LogP contribution is -2.21. The maximum Gasteiger partial charge on any atom is 0.0907 e. The van der Waals surface area contributed by atoms with Crippen LogP contribution in [0, 0.1) is 27.7 Å². The molecule has 1 atom stereocenters. The summed E-state index contributed by atoms with van der Waals surface area (Å²) in [6.07, 6.45) is 9.22. The second-order valence-electron chi connectivity index (χ2n) is 17.6. The Morgan fingerprint density at radius 1 is 0.516 bits per heavy atom. The average Bonchev–Trinajstić information content (AvgIpc) is 4.21. The molecule has 0 fully saturated rings. The molecular weight excluding hydrogens is 783 g/mol. The first-order chi connectivity index (χ1) is 31.2. The van der Waals surface area contributed by atoms with E-state index in [2.05, 4.69) is 195 Å². The smallest absolute Gasteiger partial charge is 0.0907 e. The quantitative estimate of drug-likeness (QED) is 0.136. The summed E-state index contributed by atoms with van der Waals surface area (Å²) >= 11 is 0. The predicted octanol–water partition coefficient (Wildman–Crippen LogP) is 11.1. The van der Waals surface area contributed by atoms with Crippen molar-refractivity contribution in [2.75, 3.05) is 0 Å². The number of aromatic nitrogens is 4. The van der Waals surface area contributed by atoms with Crippen LogP contribution in [0.3, 0.4) is 0 Å². The van der Waals surface area contributed by atoms with Crippen molar-refractivity contribution in [2.24, 2.45) is 15.0 Å². The third-order valence-corrected chi connectivity index (χ3v) is 13.9. The highest BCUT2D eigenvalue weighted by atomic mass is 14.9. The molecule has 0 spiro atoms. The number of H-pyrrole nitrogens is 4. The molecule has 0 saturated carbocycles. The summed E-state index contributed by atoms with van der Waals surface area (Å²) in [7, 11) is 0. The van der Waals surface area contributed by atoms with Gasteiger partial charge in [-0.15, -0.1) is 0 Å². The minimum atomic E-state index is 0.158. The zero-order chi connectivity index (χ0) is 43.6. The standard InChI is InChI=1S/C57H51N7/c1-32-34(3)54-56-36(5)37(6)57(64-56)55-35(4)33(2)50(63-55)31-42-23-25-44(59-42)52(39-18-12-8-13-19-39)46-27-29-48(61-46)53(40-20-14-9-15-21-40)47-28-26-45(60-47)51(38-16-10-7-11-17-38)43-24-22-41(58-43)30-49(32)62-54/h7-22,24,26-30,42,58,61,63-64H,23,25,31H2,1-6H3/b49-30-,51-45-,52-46-,53-48-. The Hall–Kier alpha value is -7.51. The van der Waals surface area contributed by atoms with Gasteiger partial charge in [-0.1, -0.05) is 91.0 Å². The van der Waals surface area contributed by atoms with Gasteiger partial charge in [0.25, 0.3) is 0 Å². The van der Waals surface area contributed by atoms with Gasteiger partial charge in [0.15, 0.2) is 0 Å². The van der Waals surface area contributed by atoms with Crippen LogP contribution in [-0.2, 0) is 6.42 Å². The van der Waals surface area contributed by atoms with Crippen LogP contribution in [0.4, 0.5) is 0 Å². The molecule has 314 valence electrons. The Morgan fingerprint density at radius 3 is 1.83 bits per heavy atom. The van der Waals surface area contributed by atoms with Gasteiger partial charge in [-0.25, -0.2) is 9.98 Å². The molecule has 4 aliphatic heterocycles. The Kier molecular flexibility index (Phi) is 9.64. The van der Waals surface area contributed by atoms with E-state index in [4.69, 9.17) is 15.0 Å². The van der Waals surface area contributed by atoms with Crippen LogP contribution in [0.25, 0.3) is 34.2 Å².